The average Bonchev–Trinajstić information content (AvgIpc) is 2.28. The van der Waals surface area contributed by atoms with E-state index in [1.165, 1.54) is 12.1 Å². The Balaban J connectivity index is 2.87. The van der Waals surface area contributed by atoms with E-state index in [-0.39, 0.29) is 6.04 Å². The van der Waals surface area contributed by atoms with E-state index in [2.05, 4.69) is 0 Å². The summed E-state index contributed by atoms with van der Waals surface area (Å²) in [6.45, 7) is 4.75. The normalized spacial score (nSPS) is 11.9. The summed E-state index contributed by atoms with van der Waals surface area (Å²) in [7, 11) is 0. The van der Waals surface area contributed by atoms with Gasteiger partial charge in [-0.05, 0) is 44.5 Å². The van der Waals surface area contributed by atoms with Gasteiger partial charge in [0.15, 0.2) is 0 Å². The molecule has 102 valence electrons. The predicted octanol–water partition coefficient (Wildman–Crippen LogP) is 4.55. The summed E-state index contributed by atoms with van der Waals surface area (Å²) in [4.78, 5) is 2.04. The van der Waals surface area contributed by atoms with Gasteiger partial charge in [-0.15, -0.1) is 11.6 Å². The molecule has 0 saturated heterocycles. The van der Waals surface area contributed by atoms with Crippen molar-refractivity contribution in [3.63, 3.8) is 0 Å². The molecule has 0 unspecified atom stereocenters. The molecule has 0 saturated carbocycles. The summed E-state index contributed by atoms with van der Waals surface area (Å²) in [5, 5.41) is 0. The number of hydrogen-bond donors (Lipinski definition) is 0. The lowest BCUT2D eigenvalue weighted by Crippen LogP contribution is -2.31. The maximum Gasteiger partial charge on any atom is 0.416 e. The zero-order valence-corrected chi connectivity index (χ0v) is 11.2. The van der Waals surface area contributed by atoms with Crippen LogP contribution < -0.4 is 4.90 Å². The van der Waals surface area contributed by atoms with Gasteiger partial charge in [0.1, 0.15) is 0 Å². The van der Waals surface area contributed by atoms with Crippen molar-refractivity contribution in [3.05, 3.63) is 29.8 Å². The van der Waals surface area contributed by atoms with Gasteiger partial charge in [0.2, 0.25) is 0 Å². The van der Waals surface area contributed by atoms with Gasteiger partial charge < -0.3 is 4.90 Å². The second kappa shape index (κ2) is 6.32. The first kappa shape index (κ1) is 15.2. The molecular weight excluding hydrogens is 263 g/mol. The Morgan fingerprint density at radius 2 is 1.72 bits per heavy atom. The molecule has 18 heavy (non-hydrogen) atoms. The molecular formula is C13H17ClF3N. The third kappa shape index (κ3) is 4.09. The van der Waals surface area contributed by atoms with Gasteiger partial charge in [0, 0.05) is 24.2 Å². The monoisotopic (exact) mass is 279 g/mol. The number of alkyl halides is 4. The van der Waals surface area contributed by atoms with Crippen LogP contribution in [0, 0.1) is 0 Å². The largest absolute Gasteiger partial charge is 0.416 e. The van der Waals surface area contributed by atoms with E-state index in [1.54, 1.807) is 0 Å². The fraction of sp³-hybridized carbons (Fsp3) is 0.538. The van der Waals surface area contributed by atoms with Crippen molar-refractivity contribution in [1.29, 1.82) is 0 Å². The highest BCUT2D eigenvalue weighted by atomic mass is 35.5. The Hall–Kier alpha value is -0.900. The van der Waals surface area contributed by atoms with Crippen LogP contribution in [0.2, 0.25) is 0 Å². The van der Waals surface area contributed by atoms with E-state index in [0.717, 1.165) is 30.8 Å². The highest BCUT2D eigenvalue weighted by Crippen LogP contribution is 2.30. The number of hydrogen-bond acceptors (Lipinski definition) is 1. The molecule has 0 bridgehead atoms. The summed E-state index contributed by atoms with van der Waals surface area (Å²) in [5.74, 6) is 0.545. The molecule has 0 aliphatic rings. The van der Waals surface area contributed by atoms with Crippen LogP contribution in [0.1, 0.15) is 25.8 Å². The lowest BCUT2D eigenvalue weighted by molar-refractivity contribution is -0.137. The SMILES string of the molecule is CC(C)N(CCCCl)c1ccc(C(F)(F)F)cc1. The minimum Gasteiger partial charge on any atom is -0.369 e. The van der Waals surface area contributed by atoms with Crippen molar-refractivity contribution < 1.29 is 13.2 Å². The molecule has 1 nitrogen and oxygen atoms in total. The maximum atomic E-state index is 12.5. The fourth-order valence-corrected chi connectivity index (χ4v) is 1.88. The molecule has 0 atom stereocenters. The zero-order chi connectivity index (χ0) is 13.8. The summed E-state index contributed by atoms with van der Waals surface area (Å²) < 4.78 is 37.4. The number of anilines is 1. The highest BCUT2D eigenvalue weighted by molar-refractivity contribution is 6.17. The molecule has 0 aliphatic heterocycles. The summed E-state index contributed by atoms with van der Waals surface area (Å²) in [6, 6.07) is 5.48. The molecule has 0 aromatic heterocycles. The zero-order valence-electron chi connectivity index (χ0n) is 10.5. The quantitative estimate of drug-likeness (QED) is 0.715. The van der Waals surface area contributed by atoms with Gasteiger partial charge in [-0.25, -0.2) is 0 Å². The van der Waals surface area contributed by atoms with Crippen LogP contribution in [-0.4, -0.2) is 18.5 Å². The van der Waals surface area contributed by atoms with Crippen LogP contribution in [0.5, 0.6) is 0 Å². The van der Waals surface area contributed by atoms with Gasteiger partial charge in [-0.3, -0.25) is 0 Å². The molecule has 0 heterocycles. The van der Waals surface area contributed by atoms with Crippen molar-refractivity contribution in [3.8, 4) is 0 Å². The first-order chi connectivity index (χ1) is 8.36. The van der Waals surface area contributed by atoms with Crippen LogP contribution in [0.15, 0.2) is 24.3 Å². The van der Waals surface area contributed by atoms with E-state index in [9.17, 15) is 13.2 Å². The van der Waals surface area contributed by atoms with E-state index in [4.69, 9.17) is 11.6 Å². The van der Waals surface area contributed by atoms with Crippen LogP contribution in [-0.2, 0) is 6.18 Å². The minimum absolute atomic E-state index is 0.227. The van der Waals surface area contributed by atoms with Crippen LogP contribution in [0.3, 0.4) is 0 Å². The topological polar surface area (TPSA) is 3.24 Å². The van der Waals surface area contributed by atoms with Crippen LogP contribution in [0.25, 0.3) is 0 Å². The lowest BCUT2D eigenvalue weighted by Gasteiger charge is -2.29. The first-order valence-corrected chi connectivity index (χ1v) is 6.39. The van der Waals surface area contributed by atoms with Crippen LogP contribution >= 0.6 is 11.6 Å². The van der Waals surface area contributed by atoms with Gasteiger partial charge in [-0.1, -0.05) is 0 Å². The van der Waals surface area contributed by atoms with E-state index >= 15 is 0 Å². The third-order valence-corrected chi connectivity index (χ3v) is 2.95. The molecule has 0 amide bonds. The fourth-order valence-electron chi connectivity index (χ4n) is 1.76. The van der Waals surface area contributed by atoms with E-state index in [0.29, 0.717) is 5.88 Å². The summed E-state index contributed by atoms with van der Waals surface area (Å²) >= 11 is 5.65. The van der Waals surface area contributed by atoms with Crippen LogP contribution in [0.4, 0.5) is 18.9 Å². The highest BCUT2D eigenvalue weighted by Gasteiger charge is 2.30. The molecule has 0 radical (unpaired) electrons. The Morgan fingerprint density at radius 3 is 2.11 bits per heavy atom. The molecule has 0 spiro atoms. The van der Waals surface area contributed by atoms with Gasteiger partial charge in [-0.2, -0.15) is 13.2 Å². The molecule has 0 N–H and O–H groups in total. The molecule has 1 rings (SSSR count). The van der Waals surface area contributed by atoms with Gasteiger partial charge in [0.25, 0.3) is 0 Å². The Labute approximate surface area is 111 Å². The van der Waals surface area contributed by atoms with Crippen molar-refractivity contribution in [2.45, 2.75) is 32.5 Å². The molecule has 5 heteroatoms. The van der Waals surface area contributed by atoms with Crippen molar-refractivity contribution >= 4 is 17.3 Å². The van der Waals surface area contributed by atoms with E-state index in [1.807, 2.05) is 18.7 Å². The Kier molecular flexibility index (Phi) is 5.32. The molecule has 1 aromatic rings. The van der Waals surface area contributed by atoms with Crippen molar-refractivity contribution in [2.24, 2.45) is 0 Å². The average molecular weight is 280 g/mol. The third-order valence-electron chi connectivity index (χ3n) is 2.68. The van der Waals surface area contributed by atoms with Crippen molar-refractivity contribution in [1.82, 2.24) is 0 Å². The Bertz CT molecular complexity index is 359. The number of rotatable bonds is 5. The first-order valence-electron chi connectivity index (χ1n) is 5.86. The Morgan fingerprint density at radius 1 is 1.17 bits per heavy atom. The second-order valence-electron chi connectivity index (χ2n) is 4.37. The summed E-state index contributed by atoms with van der Waals surface area (Å²) in [6.07, 6.45) is -3.47. The van der Waals surface area contributed by atoms with Gasteiger partial charge in [0.05, 0.1) is 5.56 Å². The van der Waals surface area contributed by atoms with Gasteiger partial charge >= 0.3 is 6.18 Å². The molecule has 0 aliphatic carbocycles. The number of benzene rings is 1. The smallest absolute Gasteiger partial charge is 0.369 e. The number of halogens is 4. The standard InChI is InChI=1S/C13H17ClF3N/c1-10(2)18(9-3-8-14)12-6-4-11(5-7-12)13(15,16)17/h4-7,10H,3,8-9H2,1-2H3. The van der Waals surface area contributed by atoms with E-state index < -0.39 is 11.7 Å². The maximum absolute atomic E-state index is 12.5. The second-order valence-corrected chi connectivity index (χ2v) is 4.75. The minimum atomic E-state index is -4.28. The van der Waals surface area contributed by atoms with Crippen molar-refractivity contribution in [2.75, 3.05) is 17.3 Å². The predicted molar refractivity (Wildman–Crippen MR) is 69.3 cm³/mol. The molecule has 1 aromatic carbocycles. The number of nitrogens with zero attached hydrogens (tertiary/aromatic N) is 1. The summed E-state index contributed by atoms with van der Waals surface area (Å²) in [5.41, 5.74) is 0.176. The molecule has 0 fully saturated rings. The lowest BCUT2D eigenvalue weighted by atomic mass is 10.1.